The van der Waals surface area contributed by atoms with Crippen LogP contribution >= 0.6 is 0 Å². The zero-order valence-electron chi connectivity index (χ0n) is 23.5. The second-order valence-corrected chi connectivity index (χ2v) is 11.3. The van der Waals surface area contributed by atoms with Crippen LogP contribution in [0.1, 0.15) is 17.5 Å². The Kier molecular flexibility index (Phi) is 6.86. The number of carbonyl (C=O) groups excluding carboxylic acids is 4. The van der Waals surface area contributed by atoms with Crippen molar-refractivity contribution in [3.05, 3.63) is 52.8 Å². The molecular formula is C28H32N6O8. The molecule has 0 spiro atoms. The third-order valence-electron chi connectivity index (χ3n) is 8.34. The van der Waals surface area contributed by atoms with Crippen molar-refractivity contribution in [3.63, 3.8) is 0 Å². The van der Waals surface area contributed by atoms with Crippen LogP contribution in [0.2, 0.25) is 0 Å². The number of primary amides is 1. The van der Waals surface area contributed by atoms with Crippen LogP contribution in [0.3, 0.4) is 0 Å². The Morgan fingerprint density at radius 2 is 1.88 bits per heavy atom. The number of amides is 2. The highest BCUT2D eigenvalue weighted by Crippen LogP contribution is 2.54. The fourth-order valence-corrected chi connectivity index (χ4v) is 6.52. The lowest BCUT2D eigenvalue weighted by Crippen LogP contribution is -2.65. The van der Waals surface area contributed by atoms with Gasteiger partial charge in [0.15, 0.2) is 11.4 Å². The average Bonchev–Trinajstić information content (AvgIpc) is 3.40. The van der Waals surface area contributed by atoms with E-state index in [2.05, 4.69) is 10.3 Å². The molecule has 42 heavy (non-hydrogen) atoms. The van der Waals surface area contributed by atoms with Crippen molar-refractivity contribution in [1.82, 2.24) is 14.5 Å². The molecule has 2 unspecified atom stereocenters. The predicted octanol–water partition coefficient (Wildman–Crippen LogP) is -0.135. The lowest BCUT2D eigenvalue weighted by molar-refractivity contribution is -0.153. The first kappa shape index (κ1) is 28.8. The fourth-order valence-electron chi connectivity index (χ4n) is 6.52. The first-order chi connectivity index (χ1) is 19.7. The van der Waals surface area contributed by atoms with Crippen LogP contribution in [-0.4, -0.2) is 98.1 Å². The summed E-state index contributed by atoms with van der Waals surface area (Å²) < 4.78 is 1.52. The van der Waals surface area contributed by atoms with E-state index in [0.29, 0.717) is 11.3 Å². The van der Waals surface area contributed by atoms with Crippen molar-refractivity contribution in [3.8, 4) is 5.75 Å². The molecule has 0 aliphatic heterocycles. The van der Waals surface area contributed by atoms with Gasteiger partial charge < -0.3 is 40.9 Å². The van der Waals surface area contributed by atoms with E-state index in [4.69, 9.17) is 5.73 Å². The molecule has 1 heterocycles. The third-order valence-corrected chi connectivity index (χ3v) is 8.34. The van der Waals surface area contributed by atoms with Gasteiger partial charge in [-0.1, -0.05) is 0 Å². The largest absolute Gasteiger partial charge is 0.508 e. The number of aromatic nitrogens is 2. The molecule has 3 aliphatic rings. The zero-order chi connectivity index (χ0) is 30.8. The molecule has 14 nitrogen and oxygen atoms in total. The molecule has 0 bridgehead atoms. The predicted molar refractivity (Wildman–Crippen MR) is 149 cm³/mol. The minimum atomic E-state index is -2.73. The van der Waals surface area contributed by atoms with Gasteiger partial charge in [-0.25, -0.2) is 4.98 Å². The number of rotatable bonds is 6. The summed E-state index contributed by atoms with van der Waals surface area (Å²) >= 11 is 0. The molecule has 3 aliphatic carbocycles. The number of ketones is 2. The van der Waals surface area contributed by atoms with Crippen molar-refractivity contribution in [2.24, 2.45) is 17.6 Å². The molecule has 1 fully saturated rings. The number of nitrogens with one attached hydrogen (secondary N) is 1. The van der Waals surface area contributed by atoms with Crippen LogP contribution in [0.5, 0.6) is 5.75 Å². The lowest BCUT2D eigenvalue weighted by Gasteiger charge is -2.50. The average molecular weight is 581 g/mol. The van der Waals surface area contributed by atoms with Gasteiger partial charge in [0.2, 0.25) is 11.7 Å². The number of carbonyl (C=O) groups is 4. The Morgan fingerprint density at radius 3 is 2.45 bits per heavy atom. The first-order valence-electron chi connectivity index (χ1n) is 13.2. The number of aliphatic hydroxyl groups is 3. The Bertz CT molecular complexity index is 1590. The maximum absolute atomic E-state index is 14.0. The van der Waals surface area contributed by atoms with Gasteiger partial charge in [-0.3, -0.25) is 24.1 Å². The number of Topliss-reactive ketones (excluding diaryl/α,β-unsaturated/α-hetero) is 2. The standard InChI is InChI=1S/C28H32N6O8/c1-32(2)16-9-15(31-17(35)10-34-6-5-30-11-34)22(36)19-13(16)7-12-8-14-21(33(3)4)24(38)20(27(29)41)26(40)28(14,42)25(39)18(12)23(19)37/h5-6,9,11-12,14,21,36-37,40,42H,7-8,10H2,1-4H3,(H2,29,41)(H,31,35)/t12?,14?,21-,28-/m0/s1. The minimum Gasteiger partial charge on any atom is -0.508 e. The number of nitrogens with zero attached hydrogens (tertiary/aromatic N) is 4. The van der Waals surface area contributed by atoms with E-state index in [0.717, 1.165) is 0 Å². The molecule has 4 atom stereocenters. The number of aliphatic hydroxyl groups excluding tert-OH is 2. The maximum atomic E-state index is 14.0. The number of aromatic hydroxyl groups is 1. The molecule has 5 rings (SSSR count). The smallest absolute Gasteiger partial charge is 0.255 e. The molecule has 7 N–H and O–H groups in total. The highest BCUT2D eigenvalue weighted by molar-refractivity contribution is 6.24. The van der Waals surface area contributed by atoms with Gasteiger partial charge in [0.1, 0.15) is 29.4 Å². The quantitative estimate of drug-likeness (QED) is 0.196. The molecule has 2 aromatic rings. The van der Waals surface area contributed by atoms with Crippen molar-refractivity contribution < 1.29 is 39.6 Å². The minimum absolute atomic E-state index is 0.0250. The Morgan fingerprint density at radius 1 is 1.19 bits per heavy atom. The lowest BCUT2D eigenvalue weighted by atomic mass is 9.57. The SMILES string of the molecule is CN(C)c1cc(NC(=O)Cn2ccnc2)c(O)c2c1CC1CC3[C@H](N(C)C)C(=O)C(C(N)=O)=C(O)[C@@]3(O)C(=O)C1=C2O. The van der Waals surface area contributed by atoms with E-state index in [9.17, 15) is 39.6 Å². The maximum Gasteiger partial charge on any atom is 0.255 e. The van der Waals surface area contributed by atoms with Crippen LogP contribution < -0.4 is 16.0 Å². The van der Waals surface area contributed by atoms with E-state index < -0.39 is 69.7 Å². The van der Waals surface area contributed by atoms with Gasteiger partial charge in [-0.2, -0.15) is 0 Å². The highest BCUT2D eigenvalue weighted by Gasteiger charge is 2.64. The Labute approximate surface area is 240 Å². The fraction of sp³-hybridized carbons (Fsp3) is 0.393. The Hall–Kier alpha value is -4.69. The summed E-state index contributed by atoms with van der Waals surface area (Å²) in [5.41, 5.74) is 2.36. The van der Waals surface area contributed by atoms with Crippen molar-refractivity contribution in [2.75, 3.05) is 38.4 Å². The molecule has 222 valence electrons. The number of phenolic OH excluding ortho intramolecular Hbond substituents is 1. The van der Waals surface area contributed by atoms with Gasteiger partial charge in [0.05, 0.1) is 23.6 Å². The third kappa shape index (κ3) is 4.13. The van der Waals surface area contributed by atoms with E-state index in [1.807, 2.05) is 0 Å². The van der Waals surface area contributed by atoms with Gasteiger partial charge in [0, 0.05) is 43.7 Å². The number of likely N-dealkylation sites (N-methyl/N-ethyl adjacent to an activating group) is 1. The van der Waals surface area contributed by atoms with Crippen molar-refractivity contribution in [2.45, 2.75) is 31.0 Å². The molecule has 14 heteroatoms. The summed E-state index contributed by atoms with van der Waals surface area (Å²) in [6, 6.07) is 0.386. The number of fused-ring (bicyclic) bond motifs is 3. The van der Waals surface area contributed by atoms with Gasteiger partial charge in [-0.05, 0) is 44.5 Å². The highest BCUT2D eigenvalue weighted by atomic mass is 16.3. The molecule has 1 aromatic carbocycles. The van der Waals surface area contributed by atoms with Gasteiger partial charge in [0.25, 0.3) is 5.91 Å². The van der Waals surface area contributed by atoms with Crippen molar-refractivity contribution in [1.29, 1.82) is 0 Å². The van der Waals surface area contributed by atoms with Crippen molar-refractivity contribution >= 4 is 40.5 Å². The Balaban J connectivity index is 1.66. The number of anilines is 2. The number of nitrogens with two attached hydrogens (primary N) is 1. The van der Waals surface area contributed by atoms with E-state index in [-0.39, 0.29) is 36.2 Å². The molecule has 0 radical (unpaired) electrons. The normalized spacial score (nSPS) is 25.2. The number of benzene rings is 1. The van der Waals surface area contributed by atoms with E-state index in [1.54, 1.807) is 31.3 Å². The second-order valence-electron chi connectivity index (χ2n) is 11.3. The van der Waals surface area contributed by atoms with Crippen LogP contribution in [0.4, 0.5) is 11.4 Å². The van der Waals surface area contributed by atoms with E-state index in [1.165, 1.54) is 36.1 Å². The van der Waals surface area contributed by atoms with Gasteiger partial charge in [-0.15, -0.1) is 0 Å². The number of phenols is 1. The molecule has 1 aromatic heterocycles. The topological polar surface area (TPSA) is 212 Å². The number of imidazole rings is 1. The molecule has 2 amide bonds. The van der Waals surface area contributed by atoms with Crippen LogP contribution in [0.15, 0.2) is 41.7 Å². The second kappa shape index (κ2) is 9.99. The summed E-state index contributed by atoms with van der Waals surface area (Å²) in [5, 5.41) is 48.2. The van der Waals surface area contributed by atoms with E-state index >= 15 is 0 Å². The summed E-state index contributed by atoms with van der Waals surface area (Å²) in [6.45, 7) is -0.102. The summed E-state index contributed by atoms with van der Waals surface area (Å²) in [5.74, 6) is -7.90. The first-order valence-corrected chi connectivity index (χ1v) is 13.2. The number of hydrogen-bond acceptors (Lipinski definition) is 11. The van der Waals surface area contributed by atoms with Gasteiger partial charge >= 0.3 is 0 Å². The summed E-state index contributed by atoms with van der Waals surface area (Å²) in [4.78, 5) is 59.2. The zero-order valence-corrected chi connectivity index (χ0v) is 23.5. The van der Waals surface area contributed by atoms with Crippen LogP contribution in [0, 0.1) is 11.8 Å². The molecule has 0 saturated heterocycles. The summed E-state index contributed by atoms with van der Waals surface area (Å²) in [7, 11) is 6.55. The van der Waals surface area contributed by atoms with Crippen LogP contribution in [-0.2, 0) is 32.1 Å². The summed E-state index contributed by atoms with van der Waals surface area (Å²) in [6.07, 6.45) is 4.65. The number of hydrogen-bond donors (Lipinski definition) is 6. The molecule has 1 saturated carbocycles. The monoisotopic (exact) mass is 580 g/mol. The molecular weight excluding hydrogens is 548 g/mol. The van der Waals surface area contributed by atoms with Crippen LogP contribution in [0.25, 0.3) is 5.76 Å².